The molecule has 0 aliphatic carbocycles. The van der Waals surface area contributed by atoms with Crippen molar-refractivity contribution in [3.63, 3.8) is 0 Å². The lowest BCUT2D eigenvalue weighted by Crippen LogP contribution is -1.99. The van der Waals surface area contributed by atoms with E-state index in [9.17, 15) is 10.1 Å². The van der Waals surface area contributed by atoms with E-state index in [0.717, 1.165) is 35.5 Å². The van der Waals surface area contributed by atoms with Gasteiger partial charge in [0.05, 0.1) is 18.1 Å². The van der Waals surface area contributed by atoms with Gasteiger partial charge in [-0.15, -0.1) is 0 Å². The van der Waals surface area contributed by atoms with Gasteiger partial charge in [-0.2, -0.15) is 0 Å². The molecule has 0 radical (unpaired) electrons. The van der Waals surface area contributed by atoms with Crippen molar-refractivity contribution in [2.24, 2.45) is 0 Å². The quantitative estimate of drug-likeness (QED) is 0.117. The van der Waals surface area contributed by atoms with Crippen LogP contribution in [0.1, 0.15) is 37.8 Å². The first-order valence-electron chi connectivity index (χ1n) is 10.8. The van der Waals surface area contributed by atoms with Crippen molar-refractivity contribution in [3.05, 3.63) is 76.1 Å². The molecule has 7 nitrogen and oxygen atoms in total. The molecule has 3 aromatic rings. The van der Waals surface area contributed by atoms with Crippen LogP contribution in [0.15, 0.2) is 64.9 Å². The van der Waals surface area contributed by atoms with E-state index >= 15 is 0 Å². The zero-order valence-electron chi connectivity index (χ0n) is 18.7. The summed E-state index contributed by atoms with van der Waals surface area (Å²) in [6.07, 6.45) is 3.29. The van der Waals surface area contributed by atoms with Gasteiger partial charge in [0, 0.05) is 11.5 Å². The standard InChI is InChI=1S/C24H27N3O4S2/c1-3-13-30-20-9-5-18(6-10-20)15-32-23-22(27(28)29)24(26-17-25-23)33-16-19-7-11-21(12-8-19)31-14-4-2/h5-12,17H,3-4,13-16H2,1-2H3. The maximum absolute atomic E-state index is 11.8. The largest absolute Gasteiger partial charge is 0.494 e. The number of hydrogen-bond donors (Lipinski definition) is 0. The van der Waals surface area contributed by atoms with Gasteiger partial charge in [0.25, 0.3) is 0 Å². The van der Waals surface area contributed by atoms with Crippen molar-refractivity contribution < 1.29 is 14.4 Å². The summed E-state index contributed by atoms with van der Waals surface area (Å²) < 4.78 is 11.2. The summed E-state index contributed by atoms with van der Waals surface area (Å²) in [7, 11) is 0. The van der Waals surface area contributed by atoms with E-state index in [4.69, 9.17) is 9.47 Å². The lowest BCUT2D eigenvalue weighted by molar-refractivity contribution is -0.391. The highest BCUT2D eigenvalue weighted by Gasteiger charge is 2.23. The number of rotatable bonds is 13. The van der Waals surface area contributed by atoms with Crippen LogP contribution in [0.25, 0.3) is 0 Å². The zero-order valence-corrected chi connectivity index (χ0v) is 20.4. The van der Waals surface area contributed by atoms with E-state index in [2.05, 4.69) is 23.8 Å². The van der Waals surface area contributed by atoms with E-state index < -0.39 is 4.92 Å². The summed E-state index contributed by atoms with van der Waals surface area (Å²) in [6.45, 7) is 5.48. The third-order valence-corrected chi connectivity index (χ3v) is 6.58. The van der Waals surface area contributed by atoms with Crippen LogP contribution in [-0.4, -0.2) is 28.1 Å². The van der Waals surface area contributed by atoms with E-state index in [1.807, 2.05) is 48.5 Å². The molecule has 0 atom stereocenters. The Morgan fingerprint density at radius 2 is 1.21 bits per heavy atom. The van der Waals surface area contributed by atoms with Gasteiger partial charge in [0.15, 0.2) is 10.1 Å². The second-order valence-electron chi connectivity index (χ2n) is 7.15. The lowest BCUT2D eigenvalue weighted by atomic mass is 10.2. The van der Waals surface area contributed by atoms with Crippen LogP contribution in [0.4, 0.5) is 5.69 Å². The molecule has 2 aromatic carbocycles. The van der Waals surface area contributed by atoms with Crippen molar-refractivity contribution in [3.8, 4) is 11.5 Å². The third-order valence-electron chi connectivity index (χ3n) is 4.48. The minimum absolute atomic E-state index is 0.0432. The molecule has 0 bridgehead atoms. The van der Waals surface area contributed by atoms with Crippen molar-refractivity contribution in [1.82, 2.24) is 9.97 Å². The normalized spacial score (nSPS) is 10.7. The van der Waals surface area contributed by atoms with Gasteiger partial charge in [-0.1, -0.05) is 61.6 Å². The molecule has 0 amide bonds. The topological polar surface area (TPSA) is 87.4 Å². The lowest BCUT2D eigenvalue weighted by Gasteiger charge is -2.08. The van der Waals surface area contributed by atoms with Gasteiger partial charge in [-0.3, -0.25) is 10.1 Å². The van der Waals surface area contributed by atoms with Crippen molar-refractivity contribution in [1.29, 1.82) is 0 Å². The molecule has 0 unspecified atom stereocenters. The summed E-state index contributed by atoms with van der Waals surface area (Å²) in [5.74, 6) is 2.77. The highest BCUT2D eigenvalue weighted by atomic mass is 32.2. The maximum Gasteiger partial charge on any atom is 0.333 e. The molecule has 0 spiro atoms. The first-order valence-corrected chi connectivity index (χ1v) is 12.8. The first-order chi connectivity index (χ1) is 16.1. The fourth-order valence-electron chi connectivity index (χ4n) is 2.82. The Morgan fingerprint density at radius 1 is 0.788 bits per heavy atom. The van der Waals surface area contributed by atoms with Crippen molar-refractivity contribution in [2.45, 2.75) is 48.2 Å². The number of thioether (sulfide) groups is 2. The fourth-order valence-corrected chi connectivity index (χ4v) is 4.74. The molecule has 0 aliphatic rings. The van der Waals surface area contributed by atoms with Gasteiger partial charge in [-0.05, 0) is 48.2 Å². The predicted molar refractivity (Wildman–Crippen MR) is 132 cm³/mol. The smallest absolute Gasteiger partial charge is 0.333 e. The molecular weight excluding hydrogens is 458 g/mol. The number of benzene rings is 2. The molecule has 1 heterocycles. The summed E-state index contributed by atoms with van der Waals surface area (Å²) in [4.78, 5) is 19.8. The summed E-state index contributed by atoms with van der Waals surface area (Å²) in [5, 5.41) is 12.6. The minimum atomic E-state index is -0.395. The molecule has 0 saturated carbocycles. The molecule has 174 valence electrons. The Hall–Kier alpha value is -2.78. The Labute approximate surface area is 202 Å². The van der Waals surface area contributed by atoms with Gasteiger partial charge in [0.2, 0.25) is 0 Å². The molecule has 1 aromatic heterocycles. The Morgan fingerprint density at radius 3 is 1.58 bits per heavy atom. The SMILES string of the molecule is CCCOc1ccc(CSc2ncnc(SCc3ccc(OCCC)cc3)c2[N+](=O)[O-])cc1. The second-order valence-corrected chi connectivity index (χ2v) is 9.08. The molecule has 0 aliphatic heterocycles. The third kappa shape index (κ3) is 7.64. The minimum Gasteiger partial charge on any atom is -0.494 e. The molecule has 0 saturated heterocycles. The molecule has 9 heteroatoms. The van der Waals surface area contributed by atoms with Crippen molar-refractivity contribution >= 4 is 29.2 Å². The number of nitrogens with zero attached hydrogens (tertiary/aromatic N) is 3. The van der Waals surface area contributed by atoms with Crippen LogP contribution in [0.5, 0.6) is 11.5 Å². The number of ether oxygens (including phenoxy) is 2. The van der Waals surface area contributed by atoms with Gasteiger partial charge in [0.1, 0.15) is 17.8 Å². The fraction of sp³-hybridized carbons (Fsp3) is 0.333. The molecular formula is C24H27N3O4S2. The van der Waals surface area contributed by atoms with Crippen LogP contribution in [-0.2, 0) is 11.5 Å². The van der Waals surface area contributed by atoms with Crippen LogP contribution in [0.3, 0.4) is 0 Å². The van der Waals surface area contributed by atoms with Crippen LogP contribution in [0.2, 0.25) is 0 Å². The molecule has 33 heavy (non-hydrogen) atoms. The monoisotopic (exact) mass is 485 g/mol. The number of hydrogen-bond acceptors (Lipinski definition) is 8. The first kappa shape index (κ1) is 24.9. The van der Waals surface area contributed by atoms with E-state index in [-0.39, 0.29) is 5.69 Å². The molecule has 3 rings (SSSR count). The van der Waals surface area contributed by atoms with E-state index in [1.54, 1.807) is 0 Å². The number of nitro groups is 1. The summed E-state index contributed by atoms with van der Waals surface area (Å²) in [6, 6.07) is 15.5. The molecule has 0 fully saturated rings. The van der Waals surface area contributed by atoms with Gasteiger partial charge in [-0.25, -0.2) is 9.97 Å². The average Bonchev–Trinajstić information content (AvgIpc) is 2.84. The van der Waals surface area contributed by atoms with Crippen molar-refractivity contribution in [2.75, 3.05) is 13.2 Å². The van der Waals surface area contributed by atoms with Crippen LogP contribution >= 0.6 is 23.5 Å². The zero-order chi connectivity index (χ0) is 23.5. The van der Waals surface area contributed by atoms with E-state index in [1.165, 1.54) is 29.9 Å². The van der Waals surface area contributed by atoms with Gasteiger partial charge < -0.3 is 9.47 Å². The molecule has 0 N–H and O–H groups in total. The summed E-state index contributed by atoms with van der Waals surface area (Å²) in [5.41, 5.74) is 2.03. The Balaban J connectivity index is 1.64. The average molecular weight is 486 g/mol. The maximum atomic E-state index is 11.8. The Bertz CT molecular complexity index is 957. The predicted octanol–water partition coefficient (Wildman–Crippen LogP) is 6.55. The van der Waals surface area contributed by atoms with E-state index in [0.29, 0.717) is 34.8 Å². The highest BCUT2D eigenvalue weighted by molar-refractivity contribution is 7.99. The Kier molecular flexibility index (Phi) is 9.83. The summed E-state index contributed by atoms with van der Waals surface area (Å²) >= 11 is 2.67. The highest BCUT2D eigenvalue weighted by Crippen LogP contribution is 2.37. The number of aromatic nitrogens is 2. The van der Waals surface area contributed by atoms with Crippen LogP contribution < -0.4 is 9.47 Å². The van der Waals surface area contributed by atoms with Crippen LogP contribution in [0, 0.1) is 10.1 Å². The van der Waals surface area contributed by atoms with Gasteiger partial charge >= 0.3 is 5.69 Å². The second kappa shape index (κ2) is 13.1.